The first kappa shape index (κ1) is 18.4. The van der Waals surface area contributed by atoms with Gasteiger partial charge in [-0.1, -0.05) is 6.58 Å². The Bertz CT molecular complexity index is 779. The summed E-state index contributed by atoms with van der Waals surface area (Å²) in [5.74, 6) is 0.108. The molecule has 140 valence electrons. The minimum absolute atomic E-state index is 0.0519. The van der Waals surface area contributed by atoms with Gasteiger partial charge in [0.2, 0.25) is 5.92 Å². The van der Waals surface area contributed by atoms with Gasteiger partial charge in [-0.25, -0.2) is 18.7 Å². The first-order chi connectivity index (χ1) is 12.4. The summed E-state index contributed by atoms with van der Waals surface area (Å²) >= 11 is 0. The van der Waals surface area contributed by atoms with E-state index in [9.17, 15) is 8.78 Å². The Morgan fingerprint density at radius 2 is 2.08 bits per heavy atom. The van der Waals surface area contributed by atoms with E-state index in [2.05, 4.69) is 21.9 Å². The summed E-state index contributed by atoms with van der Waals surface area (Å²) in [6.45, 7) is 8.07. The molecule has 0 aromatic carbocycles. The Hall–Kier alpha value is -2.44. The molecule has 0 aliphatic heterocycles. The van der Waals surface area contributed by atoms with Gasteiger partial charge in [-0.15, -0.1) is 0 Å². The molecule has 0 unspecified atom stereocenters. The molecule has 0 saturated heterocycles. The van der Waals surface area contributed by atoms with Gasteiger partial charge < -0.3 is 14.5 Å². The maximum Gasteiger partial charge on any atom is 0.248 e. The average molecular weight is 363 g/mol. The highest BCUT2D eigenvalue weighted by Crippen LogP contribution is 2.34. The molecule has 26 heavy (non-hydrogen) atoms. The van der Waals surface area contributed by atoms with Crippen molar-refractivity contribution in [2.45, 2.75) is 51.5 Å². The normalized spacial score (nSPS) is 17.1. The Kier molecular flexibility index (Phi) is 5.25. The van der Waals surface area contributed by atoms with Crippen molar-refractivity contribution < 1.29 is 17.9 Å². The molecule has 0 radical (unpaired) electrons. The molecule has 2 heterocycles. The smallest absolute Gasteiger partial charge is 0.248 e. The van der Waals surface area contributed by atoms with Gasteiger partial charge in [-0.3, -0.25) is 0 Å². The standard InChI is InChI=1S/C19H23F2N3O2/c1-4-25-13(3)15-11-17(22-14-7-9-19(20,21)10-8-14)24-18(23-15)16-6-5-12(2)26-16/h5-6,11,14H,3-4,7-10H2,1-2H3,(H,22,23,24). The molecule has 1 aliphatic carbocycles. The van der Waals surface area contributed by atoms with Crippen LogP contribution in [0.15, 0.2) is 29.2 Å². The Labute approximate surface area is 151 Å². The minimum atomic E-state index is -2.56. The molecule has 1 fully saturated rings. The highest BCUT2D eigenvalue weighted by Gasteiger charge is 2.35. The fourth-order valence-electron chi connectivity index (χ4n) is 2.97. The molecule has 5 nitrogen and oxygen atoms in total. The lowest BCUT2D eigenvalue weighted by molar-refractivity contribution is -0.0361. The van der Waals surface area contributed by atoms with Gasteiger partial charge in [0.25, 0.3) is 0 Å². The zero-order valence-corrected chi connectivity index (χ0v) is 15.0. The summed E-state index contributed by atoms with van der Waals surface area (Å²) in [5.41, 5.74) is 0.537. The van der Waals surface area contributed by atoms with Crippen molar-refractivity contribution in [1.82, 2.24) is 9.97 Å². The maximum atomic E-state index is 13.4. The van der Waals surface area contributed by atoms with Crippen LogP contribution in [0, 0.1) is 6.92 Å². The van der Waals surface area contributed by atoms with Crippen LogP contribution in [0.2, 0.25) is 0 Å². The van der Waals surface area contributed by atoms with E-state index in [4.69, 9.17) is 9.15 Å². The molecule has 1 N–H and O–H groups in total. The number of halogens is 2. The van der Waals surface area contributed by atoms with Crippen LogP contribution in [0.3, 0.4) is 0 Å². The molecule has 0 bridgehead atoms. The third-order valence-corrected chi connectivity index (χ3v) is 4.36. The third kappa shape index (κ3) is 4.39. The second-order valence-corrected chi connectivity index (χ2v) is 6.50. The molecule has 0 amide bonds. The van der Waals surface area contributed by atoms with Crippen LogP contribution in [-0.2, 0) is 4.74 Å². The van der Waals surface area contributed by atoms with E-state index in [1.54, 1.807) is 12.1 Å². The summed E-state index contributed by atoms with van der Waals surface area (Å²) in [5, 5.41) is 3.25. The number of aromatic nitrogens is 2. The molecule has 2 aromatic heterocycles. The van der Waals surface area contributed by atoms with Crippen LogP contribution < -0.4 is 5.32 Å². The fourth-order valence-corrected chi connectivity index (χ4v) is 2.97. The fraction of sp³-hybridized carbons (Fsp3) is 0.474. The first-order valence-electron chi connectivity index (χ1n) is 8.78. The molecule has 0 atom stereocenters. The molecule has 2 aromatic rings. The Balaban J connectivity index is 1.86. The van der Waals surface area contributed by atoms with Crippen LogP contribution in [0.4, 0.5) is 14.6 Å². The van der Waals surface area contributed by atoms with Crippen molar-refractivity contribution >= 4 is 11.6 Å². The van der Waals surface area contributed by atoms with E-state index in [1.807, 2.05) is 19.9 Å². The highest BCUT2D eigenvalue weighted by atomic mass is 19.3. The molecule has 1 saturated carbocycles. The number of hydrogen-bond donors (Lipinski definition) is 1. The number of rotatable bonds is 6. The predicted octanol–water partition coefficient (Wildman–Crippen LogP) is 5.04. The van der Waals surface area contributed by atoms with Gasteiger partial charge in [-0.05, 0) is 38.8 Å². The summed E-state index contributed by atoms with van der Waals surface area (Å²) in [6.07, 6.45) is 0.568. The van der Waals surface area contributed by atoms with E-state index < -0.39 is 5.92 Å². The monoisotopic (exact) mass is 363 g/mol. The van der Waals surface area contributed by atoms with Crippen molar-refractivity contribution in [3.8, 4) is 11.6 Å². The topological polar surface area (TPSA) is 60.2 Å². The summed E-state index contributed by atoms with van der Waals surface area (Å²) in [6, 6.07) is 5.30. The number of anilines is 1. The van der Waals surface area contributed by atoms with Gasteiger partial charge in [0, 0.05) is 24.9 Å². The minimum Gasteiger partial charge on any atom is -0.492 e. The zero-order valence-electron chi connectivity index (χ0n) is 15.0. The van der Waals surface area contributed by atoms with Gasteiger partial charge >= 0.3 is 0 Å². The van der Waals surface area contributed by atoms with E-state index >= 15 is 0 Å². The number of furan rings is 1. The van der Waals surface area contributed by atoms with E-state index in [1.165, 1.54) is 0 Å². The quantitative estimate of drug-likeness (QED) is 0.729. The number of hydrogen-bond acceptors (Lipinski definition) is 5. The van der Waals surface area contributed by atoms with Crippen molar-refractivity contribution in [1.29, 1.82) is 0 Å². The lowest BCUT2D eigenvalue weighted by Gasteiger charge is -2.29. The number of ether oxygens (including phenoxy) is 1. The van der Waals surface area contributed by atoms with Crippen LogP contribution >= 0.6 is 0 Å². The second-order valence-electron chi connectivity index (χ2n) is 6.50. The first-order valence-corrected chi connectivity index (χ1v) is 8.78. The van der Waals surface area contributed by atoms with Crippen LogP contribution in [-0.4, -0.2) is 28.5 Å². The largest absolute Gasteiger partial charge is 0.492 e. The van der Waals surface area contributed by atoms with Crippen molar-refractivity contribution in [2.75, 3.05) is 11.9 Å². The molecule has 7 heteroatoms. The third-order valence-electron chi connectivity index (χ3n) is 4.36. The number of alkyl halides is 2. The number of nitrogens with zero attached hydrogens (tertiary/aromatic N) is 2. The molecule has 1 aliphatic rings. The van der Waals surface area contributed by atoms with Gasteiger partial charge in [0.1, 0.15) is 23.0 Å². The van der Waals surface area contributed by atoms with Crippen LogP contribution in [0.25, 0.3) is 17.3 Å². The summed E-state index contributed by atoms with van der Waals surface area (Å²) < 4.78 is 37.8. The van der Waals surface area contributed by atoms with Crippen molar-refractivity contribution in [2.24, 2.45) is 0 Å². The van der Waals surface area contributed by atoms with E-state index in [0.717, 1.165) is 5.76 Å². The molecule has 3 rings (SSSR count). The Morgan fingerprint density at radius 1 is 1.35 bits per heavy atom. The summed E-state index contributed by atoms with van der Waals surface area (Å²) in [4.78, 5) is 8.95. The Morgan fingerprint density at radius 3 is 2.69 bits per heavy atom. The van der Waals surface area contributed by atoms with Gasteiger partial charge in [0.05, 0.1) is 6.61 Å². The number of aryl methyl sites for hydroxylation is 1. The second kappa shape index (κ2) is 7.43. The number of nitrogens with one attached hydrogen (secondary N) is 1. The van der Waals surface area contributed by atoms with E-state index in [0.29, 0.717) is 48.3 Å². The average Bonchev–Trinajstić information content (AvgIpc) is 3.03. The SMILES string of the molecule is C=C(OCC)c1cc(NC2CCC(F)(F)CC2)nc(-c2ccc(C)o2)n1. The lowest BCUT2D eigenvalue weighted by atomic mass is 9.92. The van der Waals surface area contributed by atoms with Crippen molar-refractivity contribution in [3.05, 3.63) is 36.2 Å². The van der Waals surface area contributed by atoms with Crippen molar-refractivity contribution in [3.63, 3.8) is 0 Å². The highest BCUT2D eigenvalue weighted by molar-refractivity contribution is 5.61. The van der Waals surface area contributed by atoms with Gasteiger partial charge in [0.15, 0.2) is 11.6 Å². The molecular weight excluding hydrogens is 340 g/mol. The summed E-state index contributed by atoms with van der Waals surface area (Å²) in [7, 11) is 0. The maximum absolute atomic E-state index is 13.4. The predicted molar refractivity (Wildman–Crippen MR) is 96.0 cm³/mol. The molecule has 0 spiro atoms. The van der Waals surface area contributed by atoms with Gasteiger partial charge in [-0.2, -0.15) is 0 Å². The lowest BCUT2D eigenvalue weighted by Crippen LogP contribution is -2.32. The van der Waals surface area contributed by atoms with Crippen LogP contribution in [0.1, 0.15) is 44.1 Å². The molecular formula is C19H23F2N3O2. The zero-order chi connectivity index (χ0) is 18.7. The van der Waals surface area contributed by atoms with Crippen LogP contribution in [0.5, 0.6) is 0 Å². The van der Waals surface area contributed by atoms with E-state index in [-0.39, 0.29) is 18.9 Å².